The van der Waals surface area contributed by atoms with Crippen LogP contribution in [0.3, 0.4) is 0 Å². The van der Waals surface area contributed by atoms with E-state index in [0.717, 1.165) is 58.5 Å². The number of rotatable bonds is 3. The molecule has 4 aromatic rings. The number of nitrogen functional groups attached to an aromatic ring is 1. The number of imidazole rings is 1. The first kappa shape index (κ1) is 16.2. The summed E-state index contributed by atoms with van der Waals surface area (Å²) in [6.45, 7) is 3.40. The van der Waals surface area contributed by atoms with Crippen LogP contribution in [0.2, 0.25) is 0 Å². The molecule has 1 saturated heterocycles. The smallest absolute Gasteiger partial charge is 0.150 e. The molecule has 138 valence electrons. The van der Waals surface area contributed by atoms with Gasteiger partial charge in [0.25, 0.3) is 0 Å². The Balaban J connectivity index is 1.59. The number of aliphatic hydroxyl groups excluding tert-OH is 1. The third-order valence-electron chi connectivity index (χ3n) is 5.16. The Bertz CT molecular complexity index is 1150. The molecule has 0 radical (unpaired) electrons. The number of anilines is 1. The second-order valence-corrected chi connectivity index (χ2v) is 7.10. The van der Waals surface area contributed by atoms with E-state index in [2.05, 4.69) is 15.1 Å². The lowest BCUT2D eigenvalue weighted by atomic mass is 10.1. The molecular formula is C19H21N7O. The lowest BCUT2D eigenvalue weighted by Gasteiger charge is -2.17. The standard InChI is InChI=1S/C19H21N7O/c1-11-6-8-26(24-11)12-4-5-13-14(9-12)21-19(20)18-17(13)22-15(23-18)10-25-7-2-3-16(25)27/h4-6,8-9,16,27H,2-3,7,10H2,1H3,(H2,20,21)(H,22,23). The molecular weight excluding hydrogens is 342 g/mol. The fraction of sp³-hybridized carbons (Fsp3) is 0.316. The number of likely N-dealkylation sites (tertiary alicyclic amines) is 1. The molecule has 1 atom stereocenters. The van der Waals surface area contributed by atoms with Crippen molar-refractivity contribution in [3.05, 3.63) is 42.0 Å². The van der Waals surface area contributed by atoms with Crippen molar-refractivity contribution in [1.82, 2.24) is 29.6 Å². The number of H-pyrrole nitrogens is 1. The Kier molecular flexibility index (Phi) is 3.63. The number of hydrogen-bond acceptors (Lipinski definition) is 6. The number of aromatic nitrogens is 5. The fourth-order valence-electron chi connectivity index (χ4n) is 3.76. The second-order valence-electron chi connectivity index (χ2n) is 7.10. The molecule has 1 aliphatic rings. The van der Waals surface area contributed by atoms with Gasteiger partial charge in [0.05, 0.1) is 23.4 Å². The van der Waals surface area contributed by atoms with Crippen molar-refractivity contribution in [3.63, 3.8) is 0 Å². The Morgan fingerprint density at radius 2 is 2.19 bits per heavy atom. The summed E-state index contributed by atoms with van der Waals surface area (Å²) in [6, 6.07) is 7.94. The van der Waals surface area contributed by atoms with E-state index < -0.39 is 6.23 Å². The third kappa shape index (κ3) is 2.73. The van der Waals surface area contributed by atoms with Gasteiger partial charge in [0.1, 0.15) is 28.9 Å². The Hall–Kier alpha value is -2.97. The highest BCUT2D eigenvalue weighted by molar-refractivity contribution is 6.06. The molecule has 0 spiro atoms. The van der Waals surface area contributed by atoms with Crippen molar-refractivity contribution in [2.75, 3.05) is 12.3 Å². The monoisotopic (exact) mass is 363 g/mol. The van der Waals surface area contributed by atoms with Crippen molar-refractivity contribution < 1.29 is 5.11 Å². The van der Waals surface area contributed by atoms with E-state index in [4.69, 9.17) is 10.7 Å². The quantitative estimate of drug-likeness (QED) is 0.514. The lowest BCUT2D eigenvalue weighted by molar-refractivity contribution is 0.0314. The predicted molar refractivity (Wildman–Crippen MR) is 103 cm³/mol. The molecule has 8 heteroatoms. The zero-order valence-corrected chi connectivity index (χ0v) is 15.1. The number of pyridine rings is 1. The molecule has 3 aromatic heterocycles. The number of nitrogens with zero attached hydrogens (tertiary/aromatic N) is 5. The van der Waals surface area contributed by atoms with Gasteiger partial charge in [-0.2, -0.15) is 5.10 Å². The molecule has 0 saturated carbocycles. The number of nitrogens with one attached hydrogen (secondary N) is 1. The van der Waals surface area contributed by atoms with Crippen LogP contribution in [0.5, 0.6) is 0 Å². The summed E-state index contributed by atoms with van der Waals surface area (Å²) in [6.07, 6.45) is 3.34. The summed E-state index contributed by atoms with van der Waals surface area (Å²) in [5, 5.41) is 15.4. The van der Waals surface area contributed by atoms with Crippen molar-refractivity contribution in [2.24, 2.45) is 0 Å². The molecule has 0 aliphatic carbocycles. The fourth-order valence-corrected chi connectivity index (χ4v) is 3.76. The third-order valence-corrected chi connectivity index (χ3v) is 5.16. The van der Waals surface area contributed by atoms with E-state index in [0.29, 0.717) is 12.4 Å². The summed E-state index contributed by atoms with van der Waals surface area (Å²) in [7, 11) is 0. The molecule has 0 amide bonds. The van der Waals surface area contributed by atoms with Gasteiger partial charge in [-0.15, -0.1) is 0 Å². The van der Waals surface area contributed by atoms with Crippen molar-refractivity contribution in [1.29, 1.82) is 0 Å². The van der Waals surface area contributed by atoms with E-state index in [-0.39, 0.29) is 0 Å². The van der Waals surface area contributed by atoms with Crippen molar-refractivity contribution in [3.8, 4) is 5.69 Å². The second kappa shape index (κ2) is 6.04. The van der Waals surface area contributed by atoms with Gasteiger partial charge in [-0.05, 0) is 44.0 Å². The zero-order valence-electron chi connectivity index (χ0n) is 15.1. The molecule has 4 heterocycles. The van der Waals surface area contributed by atoms with Gasteiger partial charge < -0.3 is 15.8 Å². The Morgan fingerprint density at radius 1 is 1.30 bits per heavy atom. The summed E-state index contributed by atoms with van der Waals surface area (Å²) in [5.74, 6) is 1.21. The number of aromatic amines is 1. The van der Waals surface area contributed by atoms with Gasteiger partial charge in [0, 0.05) is 18.1 Å². The molecule has 1 aromatic carbocycles. The number of aryl methyl sites for hydroxylation is 1. The highest BCUT2D eigenvalue weighted by Crippen LogP contribution is 2.28. The lowest BCUT2D eigenvalue weighted by Crippen LogP contribution is -2.28. The molecule has 5 rings (SSSR count). The molecule has 1 fully saturated rings. The van der Waals surface area contributed by atoms with Crippen molar-refractivity contribution in [2.45, 2.75) is 32.5 Å². The van der Waals surface area contributed by atoms with E-state index >= 15 is 0 Å². The van der Waals surface area contributed by atoms with E-state index in [1.54, 1.807) is 0 Å². The van der Waals surface area contributed by atoms with Gasteiger partial charge in [-0.25, -0.2) is 14.6 Å². The van der Waals surface area contributed by atoms with Crippen LogP contribution in [0.4, 0.5) is 5.82 Å². The number of benzene rings is 1. The average molecular weight is 363 g/mol. The normalized spacial score (nSPS) is 18.1. The van der Waals surface area contributed by atoms with Crippen LogP contribution in [-0.2, 0) is 6.54 Å². The molecule has 0 bridgehead atoms. The minimum Gasteiger partial charge on any atom is -0.382 e. The Labute approximate surface area is 155 Å². The highest BCUT2D eigenvalue weighted by Gasteiger charge is 2.23. The number of hydrogen-bond donors (Lipinski definition) is 3. The Morgan fingerprint density at radius 3 is 2.93 bits per heavy atom. The zero-order chi connectivity index (χ0) is 18.5. The van der Waals surface area contributed by atoms with Gasteiger partial charge in [-0.3, -0.25) is 4.90 Å². The summed E-state index contributed by atoms with van der Waals surface area (Å²) < 4.78 is 1.82. The van der Waals surface area contributed by atoms with E-state index in [9.17, 15) is 5.11 Å². The van der Waals surface area contributed by atoms with Gasteiger partial charge in [0.2, 0.25) is 0 Å². The van der Waals surface area contributed by atoms with Gasteiger partial charge in [0.15, 0.2) is 0 Å². The van der Waals surface area contributed by atoms with Gasteiger partial charge in [-0.1, -0.05) is 0 Å². The van der Waals surface area contributed by atoms with E-state index in [1.807, 2.05) is 47.0 Å². The molecule has 8 nitrogen and oxygen atoms in total. The van der Waals surface area contributed by atoms with E-state index in [1.165, 1.54) is 0 Å². The number of fused-ring (bicyclic) bond motifs is 3. The maximum Gasteiger partial charge on any atom is 0.150 e. The van der Waals surface area contributed by atoms with Crippen LogP contribution in [0.15, 0.2) is 30.5 Å². The average Bonchev–Trinajstić information content (AvgIpc) is 3.36. The SMILES string of the molecule is Cc1ccn(-c2ccc3c(c2)nc(N)c2[nH]c(CN4CCCC4O)nc23)n1. The van der Waals surface area contributed by atoms with Crippen LogP contribution in [0, 0.1) is 6.92 Å². The minimum atomic E-state index is -0.398. The molecule has 1 aliphatic heterocycles. The first-order chi connectivity index (χ1) is 13.1. The van der Waals surface area contributed by atoms with Crippen LogP contribution in [-0.4, -0.2) is 47.5 Å². The summed E-state index contributed by atoms with van der Waals surface area (Å²) in [4.78, 5) is 14.6. The maximum atomic E-state index is 10.0. The number of aliphatic hydroxyl groups is 1. The predicted octanol–water partition coefficient (Wildman–Crippen LogP) is 2.10. The number of nitrogens with two attached hydrogens (primary N) is 1. The molecule has 4 N–H and O–H groups in total. The van der Waals surface area contributed by atoms with Crippen LogP contribution < -0.4 is 5.73 Å². The maximum absolute atomic E-state index is 10.0. The van der Waals surface area contributed by atoms with Crippen LogP contribution in [0.25, 0.3) is 27.6 Å². The molecule has 1 unspecified atom stereocenters. The highest BCUT2D eigenvalue weighted by atomic mass is 16.3. The largest absolute Gasteiger partial charge is 0.382 e. The first-order valence-electron chi connectivity index (χ1n) is 9.11. The first-order valence-corrected chi connectivity index (χ1v) is 9.11. The van der Waals surface area contributed by atoms with Gasteiger partial charge >= 0.3 is 0 Å². The topological polar surface area (TPSA) is 109 Å². The summed E-state index contributed by atoms with van der Waals surface area (Å²) in [5.41, 5.74) is 10.4. The molecule has 27 heavy (non-hydrogen) atoms. The van der Waals surface area contributed by atoms with Crippen LogP contribution >= 0.6 is 0 Å². The minimum absolute atomic E-state index is 0.398. The van der Waals surface area contributed by atoms with Crippen LogP contribution in [0.1, 0.15) is 24.4 Å². The summed E-state index contributed by atoms with van der Waals surface area (Å²) >= 11 is 0. The van der Waals surface area contributed by atoms with Crippen molar-refractivity contribution >= 4 is 27.8 Å².